The molecule has 0 saturated heterocycles. The molecule has 1 aromatic heterocycles. The summed E-state index contributed by atoms with van der Waals surface area (Å²) in [5.41, 5.74) is 2.79. The topological polar surface area (TPSA) is 79.4 Å². The summed E-state index contributed by atoms with van der Waals surface area (Å²) in [5, 5.41) is 5.03. The fourth-order valence-electron chi connectivity index (χ4n) is 3.40. The number of nitrogens with zero attached hydrogens (tertiary/aromatic N) is 2. The quantitative estimate of drug-likeness (QED) is 0.705. The van der Waals surface area contributed by atoms with Gasteiger partial charge in [0, 0.05) is 17.0 Å². The molecule has 1 aliphatic rings. The summed E-state index contributed by atoms with van der Waals surface area (Å²) in [4.78, 5) is 16.8. The molecule has 1 atom stereocenters. The van der Waals surface area contributed by atoms with Crippen molar-refractivity contribution < 1.29 is 13.2 Å². The van der Waals surface area contributed by atoms with Crippen LogP contribution in [0.15, 0.2) is 58.8 Å². The zero-order valence-electron chi connectivity index (χ0n) is 15.4. The standard InChI is InChI=1S/C20H19N3O3S2/c1-13-12-27-20(21-13)22-19(24)16-7-5-8-17(11-16)28(25,26)23-14(2)10-15-6-3-4-9-18(15)23/h3-9,11-12,14H,10H2,1-2H3,(H,21,22,24)/t14-/m1/s1. The SMILES string of the molecule is Cc1csc(NC(=O)c2cccc(S(=O)(=O)N3c4ccccc4C[C@H]3C)c2)n1. The summed E-state index contributed by atoms with van der Waals surface area (Å²) >= 11 is 1.33. The number of sulfonamides is 1. The third-order valence-electron chi connectivity index (χ3n) is 4.64. The summed E-state index contributed by atoms with van der Waals surface area (Å²) in [6.45, 7) is 3.73. The van der Waals surface area contributed by atoms with Gasteiger partial charge >= 0.3 is 0 Å². The predicted molar refractivity (Wildman–Crippen MR) is 111 cm³/mol. The summed E-state index contributed by atoms with van der Waals surface area (Å²) < 4.78 is 28.1. The number of thiazole rings is 1. The lowest BCUT2D eigenvalue weighted by atomic mass is 10.1. The van der Waals surface area contributed by atoms with Crippen molar-refractivity contribution in [1.29, 1.82) is 0 Å². The summed E-state index contributed by atoms with van der Waals surface area (Å²) in [5.74, 6) is -0.388. The Hall–Kier alpha value is -2.71. The van der Waals surface area contributed by atoms with Gasteiger partial charge in [0.1, 0.15) is 0 Å². The molecular formula is C20H19N3O3S2. The van der Waals surface area contributed by atoms with Crippen molar-refractivity contribution in [3.05, 3.63) is 70.7 Å². The average molecular weight is 414 g/mol. The van der Waals surface area contributed by atoms with E-state index in [1.807, 2.05) is 43.5 Å². The van der Waals surface area contributed by atoms with E-state index in [2.05, 4.69) is 10.3 Å². The van der Waals surface area contributed by atoms with Crippen molar-refractivity contribution in [3.63, 3.8) is 0 Å². The third-order valence-corrected chi connectivity index (χ3v) is 7.44. The lowest BCUT2D eigenvalue weighted by Gasteiger charge is -2.24. The van der Waals surface area contributed by atoms with Crippen LogP contribution in [0.25, 0.3) is 0 Å². The van der Waals surface area contributed by atoms with Crippen LogP contribution in [0.4, 0.5) is 10.8 Å². The van der Waals surface area contributed by atoms with Crippen LogP contribution in [-0.4, -0.2) is 25.4 Å². The molecule has 2 aromatic carbocycles. The molecule has 1 amide bonds. The average Bonchev–Trinajstić information content (AvgIpc) is 3.23. The molecule has 0 bridgehead atoms. The minimum Gasteiger partial charge on any atom is -0.298 e. The molecule has 28 heavy (non-hydrogen) atoms. The van der Waals surface area contributed by atoms with Crippen molar-refractivity contribution in [2.75, 3.05) is 9.62 Å². The highest BCUT2D eigenvalue weighted by Crippen LogP contribution is 2.36. The lowest BCUT2D eigenvalue weighted by molar-refractivity contribution is 0.102. The van der Waals surface area contributed by atoms with Crippen molar-refractivity contribution in [2.45, 2.75) is 31.2 Å². The maximum absolute atomic E-state index is 13.3. The van der Waals surface area contributed by atoms with Crippen molar-refractivity contribution in [3.8, 4) is 0 Å². The first-order valence-electron chi connectivity index (χ1n) is 8.82. The van der Waals surface area contributed by atoms with Crippen LogP contribution in [0, 0.1) is 6.92 Å². The van der Waals surface area contributed by atoms with E-state index < -0.39 is 10.0 Å². The zero-order chi connectivity index (χ0) is 19.9. The molecule has 0 saturated carbocycles. The first-order chi connectivity index (χ1) is 13.4. The molecule has 1 N–H and O–H groups in total. The van der Waals surface area contributed by atoms with Crippen LogP contribution >= 0.6 is 11.3 Å². The Bertz CT molecular complexity index is 1150. The van der Waals surface area contributed by atoms with Gasteiger partial charge in [0.2, 0.25) is 0 Å². The molecule has 3 aromatic rings. The van der Waals surface area contributed by atoms with Gasteiger partial charge in [-0.05, 0) is 50.1 Å². The summed E-state index contributed by atoms with van der Waals surface area (Å²) in [7, 11) is -3.79. The molecule has 0 aliphatic carbocycles. The highest BCUT2D eigenvalue weighted by molar-refractivity contribution is 7.92. The van der Waals surface area contributed by atoms with Gasteiger partial charge < -0.3 is 0 Å². The number of carbonyl (C=O) groups excluding carboxylic acids is 1. The number of benzene rings is 2. The second kappa shape index (κ2) is 7.03. The van der Waals surface area contributed by atoms with Crippen molar-refractivity contribution in [2.24, 2.45) is 0 Å². The van der Waals surface area contributed by atoms with Crippen LogP contribution in [0.5, 0.6) is 0 Å². The zero-order valence-corrected chi connectivity index (χ0v) is 17.0. The number of carbonyl (C=O) groups is 1. The highest BCUT2D eigenvalue weighted by atomic mass is 32.2. The van der Waals surface area contributed by atoms with Crippen LogP contribution in [0.3, 0.4) is 0 Å². The molecule has 1 aliphatic heterocycles. The number of hydrogen-bond donors (Lipinski definition) is 1. The van der Waals surface area contributed by atoms with Crippen LogP contribution in [0.1, 0.15) is 28.5 Å². The van der Waals surface area contributed by atoms with E-state index in [0.717, 1.165) is 11.3 Å². The first kappa shape index (κ1) is 18.6. The number of para-hydroxylation sites is 1. The number of aryl methyl sites for hydroxylation is 1. The monoisotopic (exact) mass is 413 g/mol. The molecule has 0 unspecified atom stereocenters. The molecular weight excluding hydrogens is 394 g/mol. The fraction of sp³-hybridized carbons (Fsp3) is 0.200. The Morgan fingerprint density at radius 2 is 2.00 bits per heavy atom. The number of fused-ring (bicyclic) bond motifs is 1. The van der Waals surface area contributed by atoms with E-state index >= 15 is 0 Å². The Labute approximate surface area is 167 Å². The van der Waals surface area contributed by atoms with Gasteiger partial charge in [-0.1, -0.05) is 24.3 Å². The number of hydrogen-bond acceptors (Lipinski definition) is 5. The normalized spacial score (nSPS) is 16.1. The molecule has 0 radical (unpaired) electrons. The third kappa shape index (κ3) is 3.29. The van der Waals surface area contributed by atoms with Gasteiger partial charge in [0.15, 0.2) is 5.13 Å². The highest BCUT2D eigenvalue weighted by Gasteiger charge is 2.36. The van der Waals surface area contributed by atoms with Gasteiger partial charge in [0.25, 0.3) is 15.9 Å². The van der Waals surface area contributed by atoms with Gasteiger partial charge in [0.05, 0.1) is 16.3 Å². The van der Waals surface area contributed by atoms with Crippen LogP contribution in [-0.2, 0) is 16.4 Å². The van der Waals surface area contributed by atoms with Gasteiger partial charge in [-0.25, -0.2) is 13.4 Å². The Balaban J connectivity index is 1.66. The number of amides is 1. The van der Waals surface area contributed by atoms with E-state index in [0.29, 0.717) is 17.2 Å². The van der Waals surface area contributed by atoms with E-state index in [1.165, 1.54) is 27.8 Å². The van der Waals surface area contributed by atoms with Crippen LogP contribution in [0.2, 0.25) is 0 Å². The Kier molecular flexibility index (Phi) is 4.68. The van der Waals surface area contributed by atoms with E-state index in [9.17, 15) is 13.2 Å². The summed E-state index contributed by atoms with van der Waals surface area (Å²) in [6.07, 6.45) is 0.666. The molecule has 8 heteroatoms. The molecule has 144 valence electrons. The number of anilines is 2. The Morgan fingerprint density at radius 1 is 1.21 bits per heavy atom. The number of rotatable bonds is 4. The molecule has 6 nitrogen and oxygen atoms in total. The second-order valence-electron chi connectivity index (χ2n) is 6.76. The second-order valence-corrected chi connectivity index (χ2v) is 9.43. The van der Waals surface area contributed by atoms with Gasteiger partial charge in [-0.15, -0.1) is 11.3 Å². The largest absolute Gasteiger partial charge is 0.298 e. The first-order valence-corrected chi connectivity index (χ1v) is 11.1. The minimum atomic E-state index is -3.79. The van der Waals surface area contributed by atoms with Crippen molar-refractivity contribution in [1.82, 2.24) is 4.98 Å². The van der Waals surface area contributed by atoms with E-state index in [4.69, 9.17) is 0 Å². The maximum atomic E-state index is 13.3. The molecule has 4 rings (SSSR count). The van der Waals surface area contributed by atoms with E-state index in [-0.39, 0.29) is 22.4 Å². The predicted octanol–water partition coefficient (Wildman–Crippen LogP) is 3.84. The van der Waals surface area contributed by atoms with Crippen molar-refractivity contribution >= 4 is 38.1 Å². The number of nitrogens with one attached hydrogen (secondary N) is 1. The smallest absolute Gasteiger partial charge is 0.264 e. The van der Waals surface area contributed by atoms with Gasteiger partial charge in [-0.3, -0.25) is 14.4 Å². The number of aromatic nitrogens is 1. The Morgan fingerprint density at radius 3 is 2.75 bits per heavy atom. The molecule has 0 spiro atoms. The fourth-order valence-corrected chi connectivity index (χ4v) is 5.82. The molecule has 0 fully saturated rings. The van der Waals surface area contributed by atoms with Gasteiger partial charge in [-0.2, -0.15) is 0 Å². The van der Waals surface area contributed by atoms with E-state index in [1.54, 1.807) is 12.1 Å². The maximum Gasteiger partial charge on any atom is 0.264 e. The minimum absolute atomic E-state index is 0.0963. The lowest BCUT2D eigenvalue weighted by Crippen LogP contribution is -2.35. The molecule has 2 heterocycles. The van der Waals surface area contributed by atoms with Crippen LogP contribution < -0.4 is 9.62 Å². The summed E-state index contributed by atoms with van der Waals surface area (Å²) in [6, 6.07) is 13.4.